The molecule has 144 valence electrons. The van der Waals surface area contributed by atoms with Crippen LogP contribution >= 0.6 is 12.4 Å². The molecular weight excluding hydrogens is 366 g/mol. The quantitative estimate of drug-likeness (QED) is 0.729. The average Bonchev–Trinajstić information content (AvgIpc) is 2.79. The maximum absolute atomic E-state index is 13.2. The van der Waals surface area contributed by atoms with Crippen LogP contribution in [0.2, 0.25) is 0 Å². The number of hydrogen-bond donors (Lipinski definition) is 2. The number of aromatic nitrogens is 2. The Hall–Kier alpha value is -1.16. The fourth-order valence-corrected chi connectivity index (χ4v) is 5.29. The molecule has 3 N–H and O–H groups in total. The zero-order valence-electron chi connectivity index (χ0n) is 15.0. The molecule has 1 aliphatic heterocycles. The Morgan fingerprint density at radius 1 is 1.36 bits per heavy atom. The normalized spacial score (nSPS) is 18.6. The first-order valence-electron chi connectivity index (χ1n) is 8.27. The molecule has 1 aromatic heterocycles. The lowest BCUT2D eigenvalue weighted by Gasteiger charge is -2.34. The number of nitrogens with zero attached hydrogens (tertiary/aromatic N) is 3. The monoisotopic (exact) mass is 393 g/mol. The third-order valence-corrected chi connectivity index (χ3v) is 6.69. The first-order valence-corrected chi connectivity index (χ1v) is 9.71. The van der Waals surface area contributed by atoms with Crippen LogP contribution in [0.15, 0.2) is 4.90 Å². The highest BCUT2D eigenvalue weighted by Gasteiger charge is 2.36. The second-order valence-corrected chi connectivity index (χ2v) is 8.06. The van der Waals surface area contributed by atoms with Crippen LogP contribution in [0.4, 0.5) is 0 Å². The minimum Gasteiger partial charge on any atom is -0.354 e. The Morgan fingerprint density at radius 2 is 2.04 bits per heavy atom. The first kappa shape index (κ1) is 21.9. The van der Waals surface area contributed by atoms with Gasteiger partial charge in [-0.1, -0.05) is 6.42 Å². The molecule has 0 radical (unpaired) electrons. The lowest BCUT2D eigenvalue weighted by atomic mass is 10.1. The van der Waals surface area contributed by atoms with Gasteiger partial charge in [-0.15, -0.1) is 12.4 Å². The third kappa shape index (κ3) is 4.72. The molecule has 1 saturated heterocycles. The molecular formula is C15H28ClN5O3S. The number of carbonyl (C=O) groups is 1. The molecule has 0 aliphatic carbocycles. The number of carbonyl (C=O) groups excluding carboxylic acids is 1. The number of hydrogen-bond acceptors (Lipinski definition) is 5. The van der Waals surface area contributed by atoms with Crippen LogP contribution in [0.25, 0.3) is 0 Å². The molecule has 1 aromatic rings. The highest BCUT2D eigenvalue weighted by atomic mass is 35.5. The number of sulfonamides is 1. The van der Waals surface area contributed by atoms with Crippen LogP contribution in [-0.2, 0) is 21.9 Å². The Labute approximate surface area is 155 Å². The van der Waals surface area contributed by atoms with Crippen molar-refractivity contribution in [3.63, 3.8) is 0 Å². The number of aryl methyl sites for hydroxylation is 2. The zero-order valence-corrected chi connectivity index (χ0v) is 16.6. The molecule has 0 saturated carbocycles. The number of halogens is 1. The topological polar surface area (TPSA) is 110 Å². The van der Waals surface area contributed by atoms with Crippen molar-refractivity contribution in [2.75, 3.05) is 19.6 Å². The van der Waals surface area contributed by atoms with Crippen molar-refractivity contribution < 1.29 is 13.2 Å². The predicted octanol–water partition coefficient (Wildman–Crippen LogP) is 0.467. The van der Waals surface area contributed by atoms with E-state index in [9.17, 15) is 13.2 Å². The van der Waals surface area contributed by atoms with Gasteiger partial charge in [0.05, 0.1) is 11.4 Å². The van der Waals surface area contributed by atoms with Gasteiger partial charge in [-0.05, 0) is 26.7 Å². The SMILES string of the molecule is Cc1nn(C)c(C)c1S(=O)(=O)N1CCCCC1CNC(=O)CCN.Cl. The molecule has 0 spiro atoms. The van der Waals surface area contributed by atoms with Crippen molar-refractivity contribution in [3.05, 3.63) is 11.4 Å². The minimum absolute atomic E-state index is 0. The van der Waals surface area contributed by atoms with Crippen molar-refractivity contribution in [1.82, 2.24) is 19.4 Å². The number of amides is 1. The van der Waals surface area contributed by atoms with Crippen molar-refractivity contribution in [2.45, 2.75) is 50.5 Å². The Bertz CT molecular complexity index is 704. The molecule has 1 atom stereocenters. The standard InChI is InChI=1S/C15H27N5O3S.ClH/c1-11-15(12(2)19(3)18-11)24(22,23)20-9-5-4-6-13(20)10-17-14(21)7-8-16;/h13H,4-10,16H2,1-3H3,(H,17,21);1H. The Morgan fingerprint density at radius 3 is 2.60 bits per heavy atom. The van der Waals surface area contributed by atoms with E-state index in [1.807, 2.05) is 0 Å². The van der Waals surface area contributed by atoms with Gasteiger partial charge in [0.15, 0.2) is 0 Å². The van der Waals surface area contributed by atoms with E-state index in [1.165, 1.54) is 4.31 Å². The van der Waals surface area contributed by atoms with Crippen molar-refractivity contribution in [2.24, 2.45) is 12.8 Å². The summed E-state index contributed by atoms with van der Waals surface area (Å²) in [5.74, 6) is -0.144. The van der Waals surface area contributed by atoms with Gasteiger partial charge in [-0.3, -0.25) is 9.48 Å². The fraction of sp³-hybridized carbons (Fsp3) is 0.733. The minimum atomic E-state index is -3.64. The maximum Gasteiger partial charge on any atom is 0.247 e. The highest BCUT2D eigenvalue weighted by molar-refractivity contribution is 7.89. The van der Waals surface area contributed by atoms with E-state index >= 15 is 0 Å². The molecule has 1 fully saturated rings. The average molecular weight is 394 g/mol. The van der Waals surface area contributed by atoms with Crippen LogP contribution in [0.3, 0.4) is 0 Å². The van der Waals surface area contributed by atoms with E-state index in [2.05, 4.69) is 10.4 Å². The second kappa shape index (κ2) is 8.98. The van der Waals surface area contributed by atoms with E-state index in [1.54, 1.807) is 25.6 Å². The van der Waals surface area contributed by atoms with Gasteiger partial charge in [0.1, 0.15) is 4.90 Å². The first-order chi connectivity index (χ1) is 11.3. The van der Waals surface area contributed by atoms with Gasteiger partial charge in [0, 0.05) is 39.1 Å². The predicted molar refractivity (Wildman–Crippen MR) is 98.1 cm³/mol. The summed E-state index contributed by atoms with van der Waals surface area (Å²) in [5, 5.41) is 7.02. The summed E-state index contributed by atoms with van der Waals surface area (Å²) in [4.78, 5) is 11.9. The molecule has 8 nitrogen and oxygen atoms in total. The fourth-order valence-electron chi connectivity index (χ4n) is 3.19. The molecule has 2 heterocycles. The Balaban J connectivity index is 0.00000312. The molecule has 1 aliphatic rings. The highest BCUT2D eigenvalue weighted by Crippen LogP contribution is 2.28. The van der Waals surface area contributed by atoms with E-state index in [0.29, 0.717) is 24.5 Å². The van der Waals surface area contributed by atoms with Crippen LogP contribution in [0.1, 0.15) is 37.1 Å². The lowest BCUT2D eigenvalue weighted by Crippen LogP contribution is -2.49. The van der Waals surface area contributed by atoms with Gasteiger partial charge in [-0.25, -0.2) is 8.42 Å². The van der Waals surface area contributed by atoms with E-state index < -0.39 is 10.0 Å². The number of piperidine rings is 1. The second-order valence-electron chi connectivity index (χ2n) is 6.23. The lowest BCUT2D eigenvalue weighted by molar-refractivity contribution is -0.121. The van der Waals surface area contributed by atoms with Crippen molar-refractivity contribution in [1.29, 1.82) is 0 Å². The summed E-state index contributed by atoms with van der Waals surface area (Å²) >= 11 is 0. The van der Waals surface area contributed by atoms with Crippen LogP contribution < -0.4 is 11.1 Å². The van der Waals surface area contributed by atoms with Crippen LogP contribution in [0.5, 0.6) is 0 Å². The van der Waals surface area contributed by atoms with E-state index in [-0.39, 0.29) is 42.2 Å². The van der Waals surface area contributed by atoms with Gasteiger partial charge in [0.2, 0.25) is 15.9 Å². The molecule has 1 unspecified atom stereocenters. The summed E-state index contributed by atoms with van der Waals surface area (Å²) in [5.41, 5.74) is 6.50. The maximum atomic E-state index is 13.2. The van der Waals surface area contributed by atoms with Gasteiger partial charge in [0.25, 0.3) is 0 Å². The molecule has 0 bridgehead atoms. The molecule has 2 rings (SSSR count). The van der Waals surface area contributed by atoms with Gasteiger partial charge >= 0.3 is 0 Å². The summed E-state index contributed by atoms with van der Waals surface area (Å²) in [6.07, 6.45) is 2.76. The zero-order chi connectivity index (χ0) is 17.9. The van der Waals surface area contributed by atoms with Gasteiger partial charge < -0.3 is 11.1 Å². The smallest absolute Gasteiger partial charge is 0.247 e. The van der Waals surface area contributed by atoms with E-state index in [0.717, 1.165) is 19.3 Å². The summed E-state index contributed by atoms with van der Waals surface area (Å²) in [6.45, 7) is 4.53. The van der Waals surface area contributed by atoms with Gasteiger partial charge in [-0.2, -0.15) is 9.40 Å². The molecule has 25 heavy (non-hydrogen) atoms. The van der Waals surface area contributed by atoms with Crippen molar-refractivity contribution >= 4 is 28.3 Å². The summed E-state index contributed by atoms with van der Waals surface area (Å²) in [7, 11) is -1.90. The van der Waals surface area contributed by atoms with Crippen LogP contribution in [0, 0.1) is 13.8 Å². The van der Waals surface area contributed by atoms with E-state index in [4.69, 9.17) is 5.73 Å². The summed E-state index contributed by atoms with van der Waals surface area (Å²) in [6, 6.07) is -0.232. The molecule has 1 amide bonds. The Kier molecular flexibility index (Phi) is 7.86. The number of nitrogens with one attached hydrogen (secondary N) is 1. The van der Waals surface area contributed by atoms with Crippen molar-refractivity contribution in [3.8, 4) is 0 Å². The summed E-state index contributed by atoms with van der Waals surface area (Å²) < 4.78 is 29.4. The number of rotatable bonds is 6. The third-order valence-electron chi connectivity index (χ3n) is 4.49. The molecule has 10 heteroatoms. The molecule has 0 aromatic carbocycles. The number of nitrogens with two attached hydrogens (primary N) is 1. The largest absolute Gasteiger partial charge is 0.354 e. The van der Waals surface area contributed by atoms with Crippen LogP contribution in [-0.4, -0.2) is 54.1 Å².